The molecule has 0 nitrogen and oxygen atoms in total. The number of allylic oxidation sites excluding steroid dienone is 10. The van der Waals surface area contributed by atoms with Gasteiger partial charge in [0.05, 0.1) is 0 Å². The largest absolute Gasteiger partial charge is 0.211 e. The third-order valence-electron chi connectivity index (χ3n) is 2.95. The summed E-state index contributed by atoms with van der Waals surface area (Å²) < 4.78 is 13.7. The maximum absolute atomic E-state index is 13.7. The van der Waals surface area contributed by atoms with Crippen molar-refractivity contribution in [3.8, 4) is 0 Å². The zero-order valence-corrected chi connectivity index (χ0v) is 12.6. The number of benzene rings is 1. The Morgan fingerprint density at radius 1 is 1.14 bits per heavy atom. The predicted molar refractivity (Wildman–Crippen MR) is 92.5 cm³/mol. The second-order valence-electron chi connectivity index (χ2n) is 4.47. The van der Waals surface area contributed by atoms with Gasteiger partial charge in [0, 0.05) is 5.57 Å². The van der Waals surface area contributed by atoms with Crippen LogP contribution in [0.4, 0.5) is 4.39 Å². The third kappa shape index (κ3) is 4.88. The highest BCUT2D eigenvalue weighted by Gasteiger charge is 2.05. The molecule has 1 heteroatoms. The van der Waals surface area contributed by atoms with Gasteiger partial charge in [-0.15, -0.1) is 0 Å². The summed E-state index contributed by atoms with van der Waals surface area (Å²) in [4.78, 5) is 0. The maximum Gasteiger partial charge on any atom is 0.105 e. The van der Waals surface area contributed by atoms with Gasteiger partial charge in [-0.05, 0) is 36.6 Å². The molecule has 0 bridgehead atoms. The number of hydrogen-bond donors (Lipinski definition) is 0. The smallest absolute Gasteiger partial charge is 0.105 e. The Kier molecular flexibility index (Phi) is 6.90. The average Bonchev–Trinajstić information content (AvgIpc) is 2.49. The number of hydrogen-bond acceptors (Lipinski definition) is 0. The Balaban J connectivity index is 3.30. The molecule has 0 aliphatic carbocycles. The van der Waals surface area contributed by atoms with Gasteiger partial charge >= 0.3 is 0 Å². The number of rotatable bonds is 6. The van der Waals surface area contributed by atoms with Crippen LogP contribution in [0, 0.1) is 0 Å². The molecular weight excluding hydrogens is 259 g/mol. The van der Waals surface area contributed by atoms with Crippen molar-refractivity contribution in [3.05, 3.63) is 96.9 Å². The third-order valence-corrected chi connectivity index (χ3v) is 2.95. The van der Waals surface area contributed by atoms with Gasteiger partial charge < -0.3 is 0 Å². The van der Waals surface area contributed by atoms with E-state index in [2.05, 4.69) is 13.2 Å². The fourth-order valence-electron chi connectivity index (χ4n) is 1.96. The molecule has 1 aromatic rings. The van der Waals surface area contributed by atoms with E-state index in [0.29, 0.717) is 5.57 Å². The molecule has 0 saturated heterocycles. The Morgan fingerprint density at radius 2 is 1.86 bits per heavy atom. The normalized spacial score (nSPS) is 13.6. The fourth-order valence-corrected chi connectivity index (χ4v) is 1.96. The first-order chi connectivity index (χ1) is 10.1. The van der Waals surface area contributed by atoms with Crippen molar-refractivity contribution in [1.29, 1.82) is 0 Å². The summed E-state index contributed by atoms with van der Waals surface area (Å²) >= 11 is 0. The van der Waals surface area contributed by atoms with Crippen LogP contribution in [0.3, 0.4) is 0 Å². The molecule has 0 aliphatic rings. The molecule has 0 saturated carbocycles. The topological polar surface area (TPSA) is 0 Å². The van der Waals surface area contributed by atoms with Crippen LogP contribution in [-0.2, 0) is 0 Å². The number of halogens is 1. The van der Waals surface area contributed by atoms with Gasteiger partial charge in [-0.2, -0.15) is 0 Å². The molecule has 108 valence electrons. The molecule has 0 N–H and O–H groups in total. The molecular formula is C20H21F. The highest BCUT2D eigenvalue weighted by molar-refractivity contribution is 5.80. The molecule has 0 atom stereocenters. The van der Waals surface area contributed by atoms with Crippen molar-refractivity contribution in [2.24, 2.45) is 0 Å². The summed E-state index contributed by atoms with van der Waals surface area (Å²) in [6.07, 6.45) is 12.8. The Bertz CT molecular complexity index is 621. The van der Waals surface area contributed by atoms with Gasteiger partial charge in [0.2, 0.25) is 0 Å². The molecule has 0 aliphatic heterocycles. The summed E-state index contributed by atoms with van der Waals surface area (Å²) in [7, 11) is 0. The standard InChI is InChI=1S/C20H21F/c1-5-8-9-12-17(7-3)18-13-10-14-19(15-18)20(11-6-2)16(4)21/h5-15H,1,3H2,2,4H3/b9-8-,11-6-,17-12+,20-16-. The van der Waals surface area contributed by atoms with Crippen LogP contribution in [0.25, 0.3) is 11.1 Å². The van der Waals surface area contributed by atoms with Crippen molar-refractivity contribution >= 4 is 11.1 Å². The lowest BCUT2D eigenvalue weighted by atomic mass is 9.98. The van der Waals surface area contributed by atoms with E-state index in [1.807, 2.05) is 55.5 Å². The molecule has 0 spiro atoms. The van der Waals surface area contributed by atoms with Gasteiger partial charge in [-0.1, -0.05) is 73.9 Å². The van der Waals surface area contributed by atoms with Gasteiger partial charge in [-0.3, -0.25) is 0 Å². The SMILES string of the molecule is C=C/C=C\C=C(/C=C)c1cccc(C(/C=C\C)=C(/C)F)c1. The highest BCUT2D eigenvalue weighted by atomic mass is 19.1. The molecule has 0 amide bonds. The lowest BCUT2D eigenvalue weighted by Gasteiger charge is -2.07. The first-order valence-electron chi connectivity index (χ1n) is 6.85. The molecule has 1 aromatic carbocycles. The van der Waals surface area contributed by atoms with E-state index in [0.717, 1.165) is 16.7 Å². The summed E-state index contributed by atoms with van der Waals surface area (Å²) in [5, 5.41) is 0. The fraction of sp³-hybridized carbons (Fsp3) is 0.100. The van der Waals surface area contributed by atoms with E-state index in [-0.39, 0.29) is 5.83 Å². The molecule has 0 aromatic heterocycles. The second kappa shape index (κ2) is 8.70. The zero-order valence-electron chi connectivity index (χ0n) is 12.6. The first-order valence-corrected chi connectivity index (χ1v) is 6.85. The van der Waals surface area contributed by atoms with E-state index in [1.54, 1.807) is 18.2 Å². The van der Waals surface area contributed by atoms with Crippen molar-refractivity contribution in [2.45, 2.75) is 13.8 Å². The van der Waals surface area contributed by atoms with Crippen molar-refractivity contribution in [1.82, 2.24) is 0 Å². The average molecular weight is 280 g/mol. The molecule has 21 heavy (non-hydrogen) atoms. The lowest BCUT2D eigenvalue weighted by Crippen LogP contribution is -1.87. The molecule has 0 fully saturated rings. The molecule has 1 rings (SSSR count). The minimum absolute atomic E-state index is 0.194. The van der Waals surface area contributed by atoms with Crippen LogP contribution < -0.4 is 0 Å². The van der Waals surface area contributed by atoms with Crippen LogP contribution in [0.1, 0.15) is 25.0 Å². The van der Waals surface area contributed by atoms with Crippen molar-refractivity contribution < 1.29 is 4.39 Å². The minimum Gasteiger partial charge on any atom is -0.211 e. The predicted octanol–water partition coefficient (Wildman–Crippen LogP) is 6.27. The Hall–Kier alpha value is -2.41. The summed E-state index contributed by atoms with van der Waals surface area (Å²) in [6.45, 7) is 10.8. The quantitative estimate of drug-likeness (QED) is 0.538. The van der Waals surface area contributed by atoms with E-state index >= 15 is 0 Å². The van der Waals surface area contributed by atoms with Crippen LogP contribution in [0.2, 0.25) is 0 Å². The van der Waals surface area contributed by atoms with E-state index in [4.69, 9.17) is 0 Å². The monoisotopic (exact) mass is 280 g/mol. The Labute approximate surface area is 127 Å². The van der Waals surface area contributed by atoms with Crippen LogP contribution in [0.15, 0.2) is 85.8 Å². The summed E-state index contributed by atoms with van der Waals surface area (Å²) in [5.41, 5.74) is 3.43. The summed E-state index contributed by atoms with van der Waals surface area (Å²) in [5.74, 6) is -0.194. The second-order valence-corrected chi connectivity index (χ2v) is 4.47. The van der Waals surface area contributed by atoms with Crippen molar-refractivity contribution in [2.75, 3.05) is 0 Å². The van der Waals surface area contributed by atoms with Crippen LogP contribution in [0.5, 0.6) is 0 Å². The molecule has 0 heterocycles. The van der Waals surface area contributed by atoms with Crippen LogP contribution >= 0.6 is 0 Å². The first kappa shape index (κ1) is 16.6. The molecule has 0 radical (unpaired) electrons. The lowest BCUT2D eigenvalue weighted by molar-refractivity contribution is 0.645. The van der Waals surface area contributed by atoms with Gasteiger partial charge in [0.1, 0.15) is 5.83 Å². The van der Waals surface area contributed by atoms with E-state index < -0.39 is 0 Å². The van der Waals surface area contributed by atoms with Gasteiger partial charge in [0.25, 0.3) is 0 Å². The van der Waals surface area contributed by atoms with Gasteiger partial charge in [-0.25, -0.2) is 4.39 Å². The van der Waals surface area contributed by atoms with Crippen LogP contribution in [-0.4, -0.2) is 0 Å². The Morgan fingerprint density at radius 3 is 2.43 bits per heavy atom. The maximum atomic E-state index is 13.7. The van der Waals surface area contributed by atoms with Gasteiger partial charge in [0.15, 0.2) is 0 Å². The van der Waals surface area contributed by atoms with E-state index in [1.165, 1.54) is 6.92 Å². The zero-order chi connectivity index (χ0) is 15.7. The van der Waals surface area contributed by atoms with E-state index in [9.17, 15) is 4.39 Å². The highest BCUT2D eigenvalue weighted by Crippen LogP contribution is 2.25. The van der Waals surface area contributed by atoms with Crippen molar-refractivity contribution in [3.63, 3.8) is 0 Å². The minimum atomic E-state index is -0.194. The molecule has 0 unspecified atom stereocenters. The summed E-state index contributed by atoms with van der Waals surface area (Å²) in [6, 6.07) is 7.78.